The molecule has 1 aliphatic rings. The number of benzene rings is 1. The number of carbonyl (C=O) groups is 2. The van der Waals surface area contributed by atoms with Gasteiger partial charge in [-0.05, 0) is 12.1 Å². The molecule has 0 aliphatic carbocycles. The minimum Gasteiger partial charge on any atom is -0.478 e. The summed E-state index contributed by atoms with van der Waals surface area (Å²) in [5.74, 6) is -7.29. The Hall–Kier alpha value is -4.26. The third-order valence-electron chi connectivity index (χ3n) is 5.72. The minimum absolute atomic E-state index is 0.0129. The summed E-state index contributed by atoms with van der Waals surface area (Å²) in [7, 11) is 1.76. The van der Waals surface area contributed by atoms with Gasteiger partial charge in [-0.3, -0.25) is 14.6 Å². The van der Waals surface area contributed by atoms with E-state index in [1.54, 1.807) is 17.9 Å². The van der Waals surface area contributed by atoms with E-state index in [9.17, 15) is 33.0 Å². The van der Waals surface area contributed by atoms with E-state index in [-0.39, 0.29) is 30.2 Å². The van der Waals surface area contributed by atoms with Gasteiger partial charge in [0.15, 0.2) is 23.3 Å². The van der Waals surface area contributed by atoms with E-state index in [1.807, 2.05) is 11.1 Å². The van der Waals surface area contributed by atoms with Crippen LogP contribution >= 0.6 is 0 Å². The van der Waals surface area contributed by atoms with Crippen LogP contribution in [0.1, 0.15) is 5.56 Å². The second-order valence-corrected chi connectivity index (χ2v) is 8.19. The zero-order chi connectivity index (χ0) is 26.0. The Morgan fingerprint density at radius 1 is 1.11 bits per heavy atom. The third kappa shape index (κ3) is 5.20. The Morgan fingerprint density at radius 3 is 2.42 bits per heavy atom. The van der Waals surface area contributed by atoms with E-state index in [4.69, 9.17) is 0 Å². The molecule has 4 rings (SSSR count). The van der Waals surface area contributed by atoms with Crippen LogP contribution in [0.25, 0.3) is 11.3 Å². The van der Waals surface area contributed by atoms with Crippen LogP contribution < -0.4 is 4.90 Å². The molecule has 0 bridgehead atoms. The topological polar surface area (TPSA) is 125 Å². The number of nitrogens with zero attached hydrogens (tertiary/aromatic N) is 6. The van der Waals surface area contributed by atoms with Gasteiger partial charge >= 0.3 is 11.9 Å². The van der Waals surface area contributed by atoms with Crippen molar-refractivity contribution < 1.29 is 33.0 Å². The van der Waals surface area contributed by atoms with Crippen molar-refractivity contribution in [2.45, 2.75) is 12.6 Å². The highest BCUT2D eigenvalue weighted by atomic mass is 19.2. The maximum atomic E-state index is 14.0. The summed E-state index contributed by atoms with van der Waals surface area (Å²) in [5, 5.41) is 23.3. The highest BCUT2D eigenvalue weighted by Crippen LogP contribution is 2.33. The number of piperazine rings is 1. The van der Waals surface area contributed by atoms with Crippen LogP contribution in [0, 0.1) is 17.5 Å². The first-order valence-electron chi connectivity index (χ1n) is 10.7. The second kappa shape index (κ2) is 10.2. The molecule has 1 atom stereocenters. The van der Waals surface area contributed by atoms with Gasteiger partial charge in [0.2, 0.25) is 0 Å². The lowest BCUT2D eigenvalue weighted by molar-refractivity contribution is -0.135. The molecule has 13 heteroatoms. The van der Waals surface area contributed by atoms with Crippen molar-refractivity contribution in [1.82, 2.24) is 24.6 Å². The first kappa shape index (κ1) is 24.9. The summed E-state index contributed by atoms with van der Waals surface area (Å²) in [4.78, 5) is 35.4. The number of aryl methyl sites for hydroxylation is 1. The summed E-state index contributed by atoms with van der Waals surface area (Å²) in [6.07, 6.45) is 6.68. The molecule has 1 fully saturated rings. The Bertz CT molecular complexity index is 1320. The van der Waals surface area contributed by atoms with Crippen LogP contribution in [0.3, 0.4) is 0 Å². The van der Waals surface area contributed by atoms with Gasteiger partial charge in [-0.1, -0.05) is 0 Å². The molecule has 1 aromatic carbocycles. The summed E-state index contributed by atoms with van der Waals surface area (Å²) < 4.78 is 43.1. The second-order valence-electron chi connectivity index (χ2n) is 8.19. The molecule has 3 heterocycles. The van der Waals surface area contributed by atoms with E-state index >= 15 is 0 Å². The molecular weight excluding hydrogens is 481 g/mol. The molecule has 188 valence electrons. The molecule has 3 aromatic rings. The van der Waals surface area contributed by atoms with Crippen molar-refractivity contribution in [3.8, 4) is 11.3 Å². The number of aliphatic carboxylic acids is 2. The van der Waals surface area contributed by atoms with E-state index in [1.165, 1.54) is 17.3 Å². The highest BCUT2D eigenvalue weighted by Gasteiger charge is 2.36. The molecular formula is C23H21F3N6O4. The molecule has 0 amide bonds. The van der Waals surface area contributed by atoms with Crippen LogP contribution in [0.5, 0.6) is 0 Å². The first-order chi connectivity index (χ1) is 17.1. The smallest absolute Gasteiger partial charge is 0.333 e. The number of rotatable bonds is 7. The standard InChI is InChI=1S/C23H21F3N6O4/c1-30-10-13(9-29-30)11-31-4-5-32(18(12-31)15(23(35)36)8-19(33)34)22-21(27-2-3-28-22)14-6-16(24)20(26)17(25)7-14/h2-3,6-10,18H,4-5,11-12H2,1H3,(H,33,34)(H,35,36)/b15-8+. The van der Waals surface area contributed by atoms with Crippen molar-refractivity contribution in [2.24, 2.45) is 7.05 Å². The van der Waals surface area contributed by atoms with Gasteiger partial charge in [0.1, 0.15) is 5.69 Å². The number of halogens is 3. The van der Waals surface area contributed by atoms with Crippen LogP contribution in [0.2, 0.25) is 0 Å². The summed E-state index contributed by atoms with van der Waals surface area (Å²) in [6, 6.07) is 0.532. The van der Waals surface area contributed by atoms with Gasteiger partial charge in [0, 0.05) is 69.0 Å². The Morgan fingerprint density at radius 2 is 1.81 bits per heavy atom. The van der Waals surface area contributed by atoms with E-state index in [0.717, 1.165) is 17.7 Å². The molecule has 36 heavy (non-hydrogen) atoms. The molecule has 1 aliphatic heterocycles. The van der Waals surface area contributed by atoms with Crippen LogP contribution in [-0.4, -0.2) is 72.5 Å². The number of carboxylic acid groups (broad SMARTS) is 2. The van der Waals surface area contributed by atoms with Gasteiger partial charge in [0.25, 0.3) is 0 Å². The average Bonchev–Trinajstić information content (AvgIpc) is 3.24. The quantitative estimate of drug-likeness (QED) is 0.369. The number of carboxylic acids is 2. The van der Waals surface area contributed by atoms with Crippen molar-refractivity contribution in [3.63, 3.8) is 0 Å². The van der Waals surface area contributed by atoms with Gasteiger partial charge in [-0.25, -0.2) is 27.7 Å². The molecule has 2 N–H and O–H groups in total. The molecule has 0 spiro atoms. The fraction of sp³-hybridized carbons (Fsp3) is 0.261. The fourth-order valence-electron chi connectivity index (χ4n) is 4.18. The van der Waals surface area contributed by atoms with Gasteiger partial charge in [-0.15, -0.1) is 0 Å². The van der Waals surface area contributed by atoms with E-state index in [2.05, 4.69) is 15.1 Å². The predicted octanol–water partition coefficient (Wildman–Crippen LogP) is 2.08. The Kier molecular flexibility index (Phi) is 7.01. The maximum absolute atomic E-state index is 14.0. The van der Waals surface area contributed by atoms with Crippen LogP contribution in [0.15, 0.2) is 48.6 Å². The van der Waals surface area contributed by atoms with Crippen molar-refractivity contribution in [1.29, 1.82) is 0 Å². The highest BCUT2D eigenvalue weighted by molar-refractivity contribution is 5.96. The molecule has 0 saturated carbocycles. The zero-order valence-electron chi connectivity index (χ0n) is 19.0. The molecule has 1 unspecified atom stereocenters. The van der Waals surface area contributed by atoms with Crippen LogP contribution in [0.4, 0.5) is 19.0 Å². The lowest BCUT2D eigenvalue weighted by Crippen LogP contribution is -2.55. The monoisotopic (exact) mass is 502 g/mol. The minimum atomic E-state index is -1.64. The molecule has 2 aromatic heterocycles. The molecule has 0 radical (unpaired) electrons. The summed E-state index contributed by atoms with van der Waals surface area (Å²) in [5.41, 5.74) is 0.346. The lowest BCUT2D eigenvalue weighted by atomic mass is 10.00. The summed E-state index contributed by atoms with van der Waals surface area (Å²) >= 11 is 0. The Balaban J connectivity index is 1.77. The Labute approximate surface area is 202 Å². The molecule has 10 nitrogen and oxygen atoms in total. The zero-order valence-corrected chi connectivity index (χ0v) is 19.0. The predicted molar refractivity (Wildman–Crippen MR) is 120 cm³/mol. The SMILES string of the molecule is Cn1cc(CN2CCN(c3nccnc3-c3cc(F)c(F)c(F)c3)C(/C(=C\C(=O)O)C(=O)O)C2)cn1. The third-order valence-corrected chi connectivity index (χ3v) is 5.72. The maximum Gasteiger partial charge on any atom is 0.333 e. The summed E-state index contributed by atoms with van der Waals surface area (Å²) in [6.45, 7) is 1.14. The number of hydrogen-bond donors (Lipinski definition) is 2. The van der Waals surface area contributed by atoms with E-state index in [0.29, 0.717) is 19.2 Å². The van der Waals surface area contributed by atoms with Crippen molar-refractivity contribution in [3.05, 3.63) is 71.6 Å². The van der Waals surface area contributed by atoms with Crippen molar-refractivity contribution >= 4 is 17.8 Å². The number of hydrogen-bond acceptors (Lipinski definition) is 7. The molecule has 1 saturated heterocycles. The first-order valence-corrected chi connectivity index (χ1v) is 10.7. The normalized spacial score (nSPS) is 16.8. The number of anilines is 1. The van der Waals surface area contributed by atoms with Gasteiger partial charge in [-0.2, -0.15) is 5.10 Å². The fourth-order valence-corrected chi connectivity index (χ4v) is 4.18. The largest absolute Gasteiger partial charge is 0.478 e. The lowest BCUT2D eigenvalue weighted by Gasteiger charge is -2.42. The number of aromatic nitrogens is 4. The van der Waals surface area contributed by atoms with Gasteiger partial charge in [0.05, 0.1) is 17.8 Å². The van der Waals surface area contributed by atoms with Crippen LogP contribution in [-0.2, 0) is 23.2 Å². The van der Waals surface area contributed by atoms with E-state index < -0.39 is 41.0 Å². The van der Waals surface area contributed by atoms with Gasteiger partial charge < -0.3 is 15.1 Å². The van der Waals surface area contributed by atoms with Crippen molar-refractivity contribution in [2.75, 3.05) is 24.5 Å². The average molecular weight is 502 g/mol.